The van der Waals surface area contributed by atoms with E-state index in [0.29, 0.717) is 19.1 Å². The lowest BCUT2D eigenvalue weighted by molar-refractivity contribution is -0.140. The van der Waals surface area contributed by atoms with Gasteiger partial charge in [0.25, 0.3) is 0 Å². The number of carbonyl (C=O) groups is 2. The number of hydrogen-bond acceptors (Lipinski definition) is 3. The van der Waals surface area contributed by atoms with Crippen molar-refractivity contribution in [1.82, 2.24) is 10.2 Å². The molecule has 1 aliphatic carbocycles. The van der Waals surface area contributed by atoms with E-state index in [2.05, 4.69) is 19.2 Å². The highest BCUT2D eigenvalue weighted by atomic mass is 16.2. The SMILES string of the molecule is CC(C)NCCN1C(=O)C2CCCC2C1=O. The second-order valence-corrected chi connectivity index (χ2v) is 5.08. The first-order chi connectivity index (χ1) is 7.61. The number of likely N-dealkylation sites (tertiary alicyclic amines) is 1. The molecule has 2 atom stereocenters. The van der Waals surface area contributed by atoms with Gasteiger partial charge in [-0.2, -0.15) is 0 Å². The maximum absolute atomic E-state index is 12.0. The van der Waals surface area contributed by atoms with Crippen LogP contribution in [0.25, 0.3) is 0 Å². The number of imide groups is 1. The van der Waals surface area contributed by atoms with Crippen LogP contribution >= 0.6 is 0 Å². The van der Waals surface area contributed by atoms with Crippen LogP contribution in [0.4, 0.5) is 0 Å². The molecule has 4 nitrogen and oxygen atoms in total. The fourth-order valence-electron chi connectivity index (χ4n) is 2.75. The molecule has 1 saturated carbocycles. The standard InChI is InChI=1S/C12H20N2O2/c1-8(2)13-6-7-14-11(15)9-4-3-5-10(9)12(14)16/h8-10,13H,3-7H2,1-2H3. The number of amides is 2. The zero-order valence-corrected chi connectivity index (χ0v) is 10.0. The van der Waals surface area contributed by atoms with Crippen molar-refractivity contribution in [1.29, 1.82) is 0 Å². The molecule has 0 aromatic rings. The third-order valence-corrected chi connectivity index (χ3v) is 3.57. The van der Waals surface area contributed by atoms with Crippen LogP contribution in [0, 0.1) is 11.8 Å². The smallest absolute Gasteiger partial charge is 0.233 e. The third kappa shape index (κ3) is 1.98. The highest BCUT2D eigenvalue weighted by molar-refractivity contribution is 6.05. The van der Waals surface area contributed by atoms with Crippen molar-refractivity contribution in [2.75, 3.05) is 13.1 Å². The Hall–Kier alpha value is -0.900. The quantitative estimate of drug-likeness (QED) is 0.718. The van der Waals surface area contributed by atoms with Crippen molar-refractivity contribution in [3.05, 3.63) is 0 Å². The average molecular weight is 224 g/mol. The Bertz CT molecular complexity index is 279. The van der Waals surface area contributed by atoms with Gasteiger partial charge >= 0.3 is 0 Å². The summed E-state index contributed by atoms with van der Waals surface area (Å²) in [5, 5.41) is 3.23. The van der Waals surface area contributed by atoms with Crippen molar-refractivity contribution in [3.8, 4) is 0 Å². The van der Waals surface area contributed by atoms with Gasteiger partial charge in [0, 0.05) is 19.1 Å². The number of nitrogens with zero attached hydrogens (tertiary/aromatic N) is 1. The molecule has 1 aliphatic heterocycles. The zero-order chi connectivity index (χ0) is 11.7. The molecule has 0 spiro atoms. The summed E-state index contributed by atoms with van der Waals surface area (Å²) in [5.41, 5.74) is 0. The van der Waals surface area contributed by atoms with E-state index in [9.17, 15) is 9.59 Å². The van der Waals surface area contributed by atoms with Crippen molar-refractivity contribution in [2.45, 2.75) is 39.2 Å². The summed E-state index contributed by atoms with van der Waals surface area (Å²) in [5.74, 6) is 0.147. The van der Waals surface area contributed by atoms with Crippen LogP contribution in [0.3, 0.4) is 0 Å². The van der Waals surface area contributed by atoms with Crippen molar-refractivity contribution >= 4 is 11.8 Å². The molecule has 2 fully saturated rings. The molecule has 16 heavy (non-hydrogen) atoms. The van der Waals surface area contributed by atoms with Gasteiger partial charge in [-0.15, -0.1) is 0 Å². The Morgan fingerprint density at radius 1 is 1.25 bits per heavy atom. The Morgan fingerprint density at radius 3 is 2.31 bits per heavy atom. The lowest BCUT2D eigenvalue weighted by atomic mass is 10.00. The predicted octanol–water partition coefficient (Wildman–Crippen LogP) is 0.769. The van der Waals surface area contributed by atoms with Crippen molar-refractivity contribution in [3.63, 3.8) is 0 Å². The highest BCUT2D eigenvalue weighted by Crippen LogP contribution is 2.39. The monoisotopic (exact) mass is 224 g/mol. The van der Waals surface area contributed by atoms with Crippen LogP contribution in [-0.4, -0.2) is 35.8 Å². The lowest BCUT2D eigenvalue weighted by Crippen LogP contribution is -2.39. The number of nitrogens with one attached hydrogen (secondary N) is 1. The van der Waals surface area contributed by atoms with Gasteiger partial charge in [-0.25, -0.2) is 0 Å². The van der Waals surface area contributed by atoms with Gasteiger partial charge in [0.1, 0.15) is 0 Å². The molecular formula is C12H20N2O2. The summed E-state index contributed by atoms with van der Waals surface area (Å²) in [7, 11) is 0. The number of hydrogen-bond donors (Lipinski definition) is 1. The fraction of sp³-hybridized carbons (Fsp3) is 0.833. The summed E-state index contributed by atoms with van der Waals surface area (Å²) >= 11 is 0. The van der Waals surface area contributed by atoms with Crippen LogP contribution in [0.1, 0.15) is 33.1 Å². The van der Waals surface area contributed by atoms with E-state index in [0.717, 1.165) is 19.3 Å². The van der Waals surface area contributed by atoms with Gasteiger partial charge in [0.15, 0.2) is 0 Å². The van der Waals surface area contributed by atoms with E-state index in [1.807, 2.05) is 0 Å². The normalized spacial score (nSPS) is 29.3. The van der Waals surface area contributed by atoms with Crippen LogP contribution in [-0.2, 0) is 9.59 Å². The molecule has 0 aromatic carbocycles. The summed E-state index contributed by atoms with van der Waals surface area (Å²) in [4.78, 5) is 25.4. The molecule has 0 bridgehead atoms. The average Bonchev–Trinajstić information content (AvgIpc) is 2.77. The fourth-order valence-corrected chi connectivity index (χ4v) is 2.75. The van der Waals surface area contributed by atoms with Crippen LogP contribution < -0.4 is 5.32 Å². The van der Waals surface area contributed by atoms with E-state index in [4.69, 9.17) is 0 Å². The molecule has 90 valence electrons. The van der Waals surface area contributed by atoms with Gasteiger partial charge in [0.2, 0.25) is 11.8 Å². The largest absolute Gasteiger partial charge is 0.313 e. The van der Waals surface area contributed by atoms with Crippen molar-refractivity contribution in [2.24, 2.45) is 11.8 Å². The topological polar surface area (TPSA) is 49.4 Å². The van der Waals surface area contributed by atoms with E-state index in [-0.39, 0.29) is 23.7 Å². The van der Waals surface area contributed by atoms with Gasteiger partial charge < -0.3 is 5.32 Å². The van der Waals surface area contributed by atoms with Crippen molar-refractivity contribution < 1.29 is 9.59 Å². The highest BCUT2D eigenvalue weighted by Gasteiger charge is 2.49. The summed E-state index contributed by atoms with van der Waals surface area (Å²) in [6, 6.07) is 0.396. The summed E-state index contributed by atoms with van der Waals surface area (Å²) in [6.07, 6.45) is 2.84. The third-order valence-electron chi connectivity index (χ3n) is 3.57. The molecule has 1 heterocycles. The van der Waals surface area contributed by atoms with E-state index in [1.54, 1.807) is 0 Å². The maximum Gasteiger partial charge on any atom is 0.233 e. The maximum atomic E-state index is 12.0. The first-order valence-corrected chi connectivity index (χ1v) is 6.20. The summed E-state index contributed by atoms with van der Waals surface area (Å²) in [6.45, 7) is 5.35. The van der Waals surface area contributed by atoms with Gasteiger partial charge in [-0.1, -0.05) is 20.3 Å². The van der Waals surface area contributed by atoms with Crippen LogP contribution in [0.15, 0.2) is 0 Å². The Kier molecular flexibility index (Phi) is 3.28. The predicted molar refractivity (Wildman–Crippen MR) is 60.7 cm³/mol. The minimum atomic E-state index is 0.00606. The molecular weight excluding hydrogens is 204 g/mol. The first-order valence-electron chi connectivity index (χ1n) is 6.20. The second kappa shape index (κ2) is 4.53. The van der Waals surface area contributed by atoms with Crippen LogP contribution in [0.5, 0.6) is 0 Å². The van der Waals surface area contributed by atoms with Gasteiger partial charge in [-0.3, -0.25) is 14.5 Å². The van der Waals surface area contributed by atoms with Gasteiger partial charge in [-0.05, 0) is 12.8 Å². The molecule has 1 saturated heterocycles. The van der Waals surface area contributed by atoms with E-state index >= 15 is 0 Å². The van der Waals surface area contributed by atoms with E-state index < -0.39 is 0 Å². The Balaban J connectivity index is 1.91. The molecule has 2 unspecified atom stereocenters. The molecule has 2 amide bonds. The van der Waals surface area contributed by atoms with E-state index in [1.165, 1.54) is 4.90 Å². The van der Waals surface area contributed by atoms with Crippen LogP contribution in [0.2, 0.25) is 0 Å². The summed E-state index contributed by atoms with van der Waals surface area (Å²) < 4.78 is 0. The minimum absolute atomic E-state index is 0.00606. The second-order valence-electron chi connectivity index (χ2n) is 5.08. The Morgan fingerprint density at radius 2 is 1.81 bits per heavy atom. The Labute approximate surface area is 96.4 Å². The number of fused-ring (bicyclic) bond motifs is 1. The molecule has 2 aliphatic rings. The molecule has 4 heteroatoms. The molecule has 1 N–H and O–H groups in total. The number of carbonyl (C=O) groups excluding carboxylic acids is 2. The molecule has 0 radical (unpaired) electrons. The zero-order valence-electron chi connectivity index (χ0n) is 10.0. The minimum Gasteiger partial charge on any atom is -0.313 e. The first kappa shape index (κ1) is 11.6. The molecule has 2 rings (SSSR count). The number of rotatable bonds is 4. The molecule has 0 aromatic heterocycles. The van der Waals surface area contributed by atoms with Gasteiger partial charge in [0.05, 0.1) is 11.8 Å². The lowest BCUT2D eigenvalue weighted by Gasteiger charge is -2.17.